The molecular formula is C27H34NO2+. The van der Waals surface area contributed by atoms with Crippen molar-refractivity contribution in [2.45, 2.75) is 45.1 Å². The Bertz CT molecular complexity index is 956. The number of carbonyl (C=O) groups excluding carboxylic acids is 1. The number of piperidine rings is 2. The van der Waals surface area contributed by atoms with Gasteiger partial charge in [-0.2, -0.15) is 0 Å². The molecule has 0 saturated carbocycles. The maximum atomic E-state index is 12.4. The highest BCUT2D eigenvalue weighted by atomic mass is 16.5. The molecule has 0 spiro atoms. The van der Waals surface area contributed by atoms with Crippen molar-refractivity contribution in [2.75, 3.05) is 26.7 Å². The summed E-state index contributed by atoms with van der Waals surface area (Å²) in [6.45, 7) is 5.09. The lowest BCUT2D eigenvalue weighted by Gasteiger charge is -2.51. The monoisotopic (exact) mass is 404 g/mol. The zero-order chi connectivity index (χ0) is 21.0. The van der Waals surface area contributed by atoms with E-state index in [0.717, 1.165) is 11.1 Å². The average molecular weight is 405 g/mol. The number of allylic oxidation sites excluding steroid dienone is 2. The van der Waals surface area contributed by atoms with E-state index < -0.39 is 0 Å². The number of esters is 1. The fraction of sp³-hybridized carbons (Fsp3) is 0.444. The SMILES string of the molecule is CC(C=Cc1ccc2ccccc2c1)=CC(=O)OCC1CCC[N+]2(C)CCCCC12. The summed E-state index contributed by atoms with van der Waals surface area (Å²) < 4.78 is 6.88. The van der Waals surface area contributed by atoms with E-state index in [4.69, 9.17) is 4.74 Å². The second-order valence-electron chi connectivity index (χ2n) is 9.35. The molecular weight excluding hydrogens is 370 g/mol. The van der Waals surface area contributed by atoms with Gasteiger partial charge < -0.3 is 9.22 Å². The van der Waals surface area contributed by atoms with Gasteiger partial charge in [-0.15, -0.1) is 0 Å². The van der Waals surface area contributed by atoms with Crippen LogP contribution in [0, 0.1) is 5.92 Å². The van der Waals surface area contributed by atoms with Gasteiger partial charge >= 0.3 is 5.97 Å². The summed E-state index contributed by atoms with van der Waals surface area (Å²) in [4.78, 5) is 12.4. The van der Waals surface area contributed by atoms with Crippen LogP contribution in [0.15, 0.2) is 60.2 Å². The molecule has 0 radical (unpaired) electrons. The van der Waals surface area contributed by atoms with E-state index in [1.807, 2.05) is 13.0 Å². The van der Waals surface area contributed by atoms with Gasteiger partial charge in [-0.25, -0.2) is 4.79 Å². The fourth-order valence-corrected chi connectivity index (χ4v) is 5.43. The molecule has 0 amide bonds. The lowest BCUT2D eigenvalue weighted by molar-refractivity contribution is -0.947. The number of ether oxygens (including phenoxy) is 1. The van der Waals surface area contributed by atoms with Gasteiger partial charge in [0.1, 0.15) is 6.61 Å². The number of rotatable bonds is 5. The third-order valence-corrected chi connectivity index (χ3v) is 7.10. The zero-order valence-corrected chi connectivity index (χ0v) is 18.3. The topological polar surface area (TPSA) is 26.3 Å². The molecule has 2 aliphatic heterocycles. The molecule has 4 rings (SSSR count). The van der Waals surface area contributed by atoms with Crippen molar-refractivity contribution in [3.63, 3.8) is 0 Å². The minimum absolute atomic E-state index is 0.216. The van der Waals surface area contributed by atoms with Crippen molar-refractivity contribution >= 4 is 22.8 Å². The first kappa shape index (κ1) is 20.9. The largest absolute Gasteiger partial charge is 0.462 e. The van der Waals surface area contributed by atoms with Crippen molar-refractivity contribution in [3.05, 3.63) is 65.8 Å². The molecule has 0 N–H and O–H groups in total. The Hall–Kier alpha value is -2.39. The van der Waals surface area contributed by atoms with E-state index >= 15 is 0 Å². The van der Waals surface area contributed by atoms with Gasteiger partial charge in [0.05, 0.1) is 26.2 Å². The summed E-state index contributed by atoms with van der Waals surface area (Å²) in [5.41, 5.74) is 2.04. The normalized spacial score (nSPS) is 27.2. The molecule has 0 aliphatic carbocycles. The minimum Gasteiger partial charge on any atom is -0.462 e. The number of hydrogen-bond acceptors (Lipinski definition) is 2. The van der Waals surface area contributed by atoms with Crippen molar-refractivity contribution in [1.82, 2.24) is 0 Å². The Balaban J connectivity index is 1.33. The number of benzene rings is 2. The highest BCUT2D eigenvalue weighted by Gasteiger charge is 2.43. The number of fused-ring (bicyclic) bond motifs is 2. The van der Waals surface area contributed by atoms with Gasteiger partial charge in [-0.1, -0.05) is 48.6 Å². The van der Waals surface area contributed by atoms with Gasteiger partial charge in [0.2, 0.25) is 0 Å². The van der Waals surface area contributed by atoms with Crippen LogP contribution in [0.3, 0.4) is 0 Å². The van der Waals surface area contributed by atoms with Gasteiger partial charge in [-0.3, -0.25) is 0 Å². The first-order chi connectivity index (χ1) is 14.5. The molecule has 3 atom stereocenters. The molecule has 0 aromatic heterocycles. The lowest BCUT2D eigenvalue weighted by atomic mass is 9.82. The number of carbonyl (C=O) groups is 1. The minimum atomic E-state index is -0.216. The predicted molar refractivity (Wildman–Crippen MR) is 124 cm³/mol. The van der Waals surface area contributed by atoms with Crippen molar-refractivity contribution in [1.29, 1.82) is 0 Å². The molecule has 2 heterocycles. The molecule has 30 heavy (non-hydrogen) atoms. The summed E-state index contributed by atoms with van der Waals surface area (Å²) >= 11 is 0. The van der Waals surface area contributed by atoms with Crippen LogP contribution in [0.1, 0.15) is 44.6 Å². The number of nitrogens with zero attached hydrogens (tertiary/aromatic N) is 1. The van der Waals surface area contributed by atoms with Gasteiger partial charge in [-0.05, 0) is 60.6 Å². The van der Waals surface area contributed by atoms with E-state index in [9.17, 15) is 4.79 Å². The molecule has 2 saturated heterocycles. The maximum absolute atomic E-state index is 12.4. The highest BCUT2D eigenvalue weighted by molar-refractivity contribution is 5.85. The second kappa shape index (κ2) is 9.18. The van der Waals surface area contributed by atoms with E-state index in [1.54, 1.807) is 6.08 Å². The summed E-state index contributed by atoms with van der Waals surface area (Å²) in [7, 11) is 2.40. The van der Waals surface area contributed by atoms with Gasteiger partial charge in [0, 0.05) is 18.4 Å². The summed E-state index contributed by atoms with van der Waals surface area (Å²) in [6, 6.07) is 15.4. The van der Waals surface area contributed by atoms with Gasteiger partial charge in [0.15, 0.2) is 0 Å². The first-order valence-electron chi connectivity index (χ1n) is 11.4. The second-order valence-corrected chi connectivity index (χ2v) is 9.35. The first-order valence-corrected chi connectivity index (χ1v) is 11.4. The van der Waals surface area contributed by atoms with Crippen molar-refractivity contribution in [2.24, 2.45) is 5.92 Å². The van der Waals surface area contributed by atoms with Crippen molar-refractivity contribution < 1.29 is 14.0 Å². The van der Waals surface area contributed by atoms with Crippen LogP contribution in [0.2, 0.25) is 0 Å². The number of hydrogen-bond donors (Lipinski definition) is 0. The fourth-order valence-electron chi connectivity index (χ4n) is 5.43. The standard InChI is InChI=1S/C27H34NO2/c1-21(12-13-22-14-15-23-8-3-4-9-24(23)19-22)18-27(29)30-20-25-10-7-17-28(2)16-6-5-11-26(25)28/h3-4,8-9,12-15,18-19,25-26H,5-7,10-11,16-17,20H2,1-2H3/q+1. The Morgan fingerprint density at radius 3 is 2.73 bits per heavy atom. The van der Waals surface area contributed by atoms with Crippen LogP contribution in [0.25, 0.3) is 16.8 Å². The van der Waals surface area contributed by atoms with Gasteiger partial charge in [0.25, 0.3) is 0 Å². The summed E-state index contributed by atoms with van der Waals surface area (Å²) in [5.74, 6) is 0.293. The van der Waals surface area contributed by atoms with Crippen LogP contribution in [0.4, 0.5) is 0 Å². The average Bonchev–Trinajstić information content (AvgIpc) is 2.75. The van der Waals surface area contributed by atoms with E-state index in [1.165, 1.54) is 60.4 Å². The Labute approximate surface area is 180 Å². The third-order valence-electron chi connectivity index (χ3n) is 7.10. The molecule has 3 heteroatoms. The van der Waals surface area contributed by atoms with Crippen LogP contribution in [-0.4, -0.2) is 43.2 Å². The molecule has 158 valence electrons. The maximum Gasteiger partial charge on any atom is 0.331 e. The highest BCUT2D eigenvalue weighted by Crippen LogP contribution is 2.36. The van der Waals surface area contributed by atoms with Crippen LogP contribution in [0.5, 0.6) is 0 Å². The van der Waals surface area contributed by atoms with E-state index in [-0.39, 0.29) is 5.97 Å². The van der Waals surface area contributed by atoms with Crippen LogP contribution in [-0.2, 0) is 9.53 Å². The lowest BCUT2D eigenvalue weighted by Crippen LogP contribution is -2.61. The molecule has 3 unspecified atom stereocenters. The third kappa shape index (κ3) is 4.84. The Morgan fingerprint density at radius 2 is 1.87 bits per heavy atom. The number of quaternary nitrogens is 1. The van der Waals surface area contributed by atoms with Crippen molar-refractivity contribution in [3.8, 4) is 0 Å². The molecule has 2 fully saturated rings. The van der Waals surface area contributed by atoms with E-state index in [2.05, 4.69) is 55.6 Å². The zero-order valence-electron chi connectivity index (χ0n) is 18.3. The predicted octanol–water partition coefficient (Wildman–Crippen LogP) is 5.75. The van der Waals surface area contributed by atoms with Crippen LogP contribution >= 0.6 is 0 Å². The Kier molecular flexibility index (Phi) is 6.38. The molecule has 2 aromatic carbocycles. The molecule has 3 nitrogen and oxygen atoms in total. The molecule has 2 aromatic rings. The Morgan fingerprint density at radius 1 is 1.07 bits per heavy atom. The summed E-state index contributed by atoms with van der Waals surface area (Å²) in [5, 5.41) is 2.46. The molecule has 2 aliphatic rings. The summed E-state index contributed by atoms with van der Waals surface area (Å²) in [6.07, 6.45) is 12.0. The van der Waals surface area contributed by atoms with E-state index in [0.29, 0.717) is 18.6 Å². The quantitative estimate of drug-likeness (QED) is 0.274. The molecule has 0 bridgehead atoms. The van der Waals surface area contributed by atoms with Crippen LogP contribution < -0.4 is 0 Å². The smallest absolute Gasteiger partial charge is 0.331 e.